The molecule has 1 amide bonds. The fourth-order valence-electron chi connectivity index (χ4n) is 1.75. The highest BCUT2D eigenvalue weighted by Crippen LogP contribution is 2.19. The molecule has 0 bridgehead atoms. The van der Waals surface area contributed by atoms with E-state index in [0.29, 0.717) is 5.56 Å². The van der Waals surface area contributed by atoms with Gasteiger partial charge in [-0.3, -0.25) is 10.00 Å². The van der Waals surface area contributed by atoms with E-state index >= 15 is 0 Å². The number of ether oxygens (including phenoxy) is 1. The first-order valence-corrected chi connectivity index (χ1v) is 6.88. The Hall–Kier alpha value is -2.81. The Bertz CT molecular complexity index is 693. The second-order valence-corrected chi connectivity index (χ2v) is 5.81. The van der Waals surface area contributed by atoms with E-state index in [1.165, 1.54) is 0 Å². The van der Waals surface area contributed by atoms with Gasteiger partial charge >= 0.3 is 6.09 Å². The highest BCUT2D eigenvalue weighted by Gasteiger charge is 2.19. The number of rotatable bonds is 3. The van der Waals surface area contributed by atoms with Crippen LogP contribution in [-0.4, -0.2) is 15.9 Å². The van der Waals surface area contributed by atoms with E-state index in [0.717, 1.165) is 5.56 Å². The van der Waals surface area contributed by atoms with Crippen molar-refractivity contribution in [1.29, 1.82) is 5.26 Å². The van der Waals surface area contributed by atoms with Crippen molar-refractivity contribution in [3.05, 3.63) is 47.7 Å². The molecule has 0 spiro atoms. The third-order valence-corrected chi connectivity index (χ3v) is 2.96. The molecule has 2 aromatic rings. The quantitative estimate of drug-likeness (QED) is 0.943. The minimum atomic E-state index is -0.639. The Morgan fingerprint density at radius 3 is 2.64 bits per heavy atom. The van der Waals surface area contributed by atoms with Crippen molar-refractivity contribution >= 4 is 11.9 Å². The van der Waals surface area contributed by atoms with Crippen molar-refractivity contribution in [2.75, 3.05) is 5.32 Å². The zero-order chi connectivity index (χ0) is 16.2. The van der Waals surface area contributed by atoms with E-state index in [-0.39, 0.29) is 18.0 Å². The van der Waals surface area contributed by atoms with Gasteiger partial charge in [0, 0.05) is 6.20 Å². The Morgan fingerprint density at radius 1 is 1.36 bits per heavy atom. The average molecular weight is 298 g/mol. The van der Waals surface area contributed by atoms with Crippen LogP contribution in [0.5, 0.6) is 0 Å². The van der Waals surface area contributed by atoms with Crippen LogP contribution in [0.1, 0.15) is 31.9 Å². The summed E-state index contributed by atoms with van der Waals surface area (Å²) in [6.45, 7) is 6.03. The van der Waals surface area contributed by atoms with Gasteiger partial charge in [-0.1, -0.05) is 30.3 Å². The number of carbonyl (C=O) groups excluding carboxylic acids is 1. The fourth-order valence-corrected chi connectivity index (χ4v) is 1.75. The second kappa shape index (κ2) is 6.31. The molecular formula is C16H18N4O2. The number of aromatic nitrogens is 2. The summed E-state index contributed by atoms with van der Waals surface area (Å²) >= 11 is 0. The second-order valence-electron chi connectivity index (χ2n) is 5.81. The van der Waals surface area contributed by atoms with E-state index in [1.54, 1.807) is 10.9 Å². The van der Waals surface area contributed by atoms with Gasteiger partial charge < -0.3 is 4.74 Å². The molecule has 2 rings (SSSR count). The summed E-state index contributed by atoms with van der Waals surface area (Å²) in [7, 11) is 0. The molecule has 0 saturated heterocycles. The van der Waals surface area contributed by atoms with E-state index in [4.69, 9.17) is 10.00 Å². The van der Waals surface area contributed by atoms with Gasteiger partial charge in [-0.25, -0.2) is 4.79 Å². The van der Waals surface area contributed by atoms with Crippen molar-refractivity contribution < 1.29 is 9.53 Å². The van der Waals surface area contributed by atoms with Gasteiger partial charge in [0.15, 0.2) is 5.82 Å². The van der Waals surface area contributed by atoms with Crippen LogP contribution in [-0.2, 0) is 16.9 Å². The van der Waals surface area contributed by atoms with Gasteiger partial charge in [-0.15, -0.1) is 0 Å². The lowest BCUT2D eigenvalue weighted by atomic mass is 10.1. The van der Waals surface area contributed by atoms with Crippen molar-refractivity contribution in [1.82, 2.24) is 9.78 Å². The molecule has 0 saturated carbocycles. The molecule has 1 heterocycles. The zero-order valence-electron chi connectivity index (χ0n) is 12.8. The van der Waals surface area contributed by atoms with E-state index in [2.05, 4.69) is 10.4 Å². The molecule has 0 aliphatic carbocycles. The van der Waals surface area contributed by atoms with E-state index in [1.807, 2.05) is 57.2 Å². The molecule has 1 N–H and O–H groups in total. The first-order valence-electron chi connectivity index (χ1n) is 6.88. The zero-order valence-corrected chi connectivity index (χ0v) is 12.8. The summed E-state index contributed by atoms with van der Waals surface area (Å²) in [5.74, 6) is 0.204. The first kappa shape index (κ1) is 15.6. The molecule has 114 valence electrons. The monoisotopic (exact) mass is 298 g/mol. The normalized spacial score (nSPS) is 10.8. The molecule has 6 heteroatoms. The fraction of sp³-hybridized carbons (Fsp3) is 0.312. The largest absolute Gasteiger partial charge is 0.444 e. The number of hydrogen-bond donors (Lipinski definition) is 1. The highest BCUT2D eigenvalue weighted by atomic mass is 16.5. The van der Waals surface area contributed by atoms with Crippen LogP contribution in [0.15, 0.2) is 36.5 Å². The maximum atomic E-state index is 11.8. The molecule has 22 heavy (non-hydrogen) atoms. The average Bonchev–Trinajstić information content (AvgIpc) is 2.89. The third-order valence-electron chi connectivity index (χ3n) is 2.96. The maximum Gasteiger partial charge on any atom is 0.413 e. The van der Waals surface area contributed by atoms with Gasteiger partial charge in [0.2, 0.25) is 0 Å². The first-order chi connectivity index (χ1) is 10.4. The summed E-state index contributed by atoms with van der Waals surface area (Å²) < 4.78 is 6.75. The number of hydrogen-bond acceptors (Lipinski definition) is 4. The SMILES string of the molecule is CC(C)(C)n1cc(C#N)c(NC(=O)OCc2ccccc2)n1. The number of nitrogens with one attached hydrogen (secondary N) is 1. The van der Waals surface area contributed by atoms with Gasteiger partial charge in [0.25, 0.3) is 0 Å². The van der Waals surface area contributed by atoms with Gasteiger partial charge in [0.05, 0.1) is 5.54 Å². The lowest BCUT2D eigenvalue weighted by molar-refractivity contribution is 0.155. The Kier molecular flexibility index (Phi) is 4.47. The third kappa shape index (κ3) is 3.85. The van der Waals surface area contributed by atoms with Crippen molar-refractivity contribution in [2.45, 2.75) is 32.9 Å². The molecular weight excluding hydrogens is 280 g/mol. The number of nitriles is 1. The Labute approximate surface area is 129 Å². The molecule has 0 fully saturated rings. The van der Waals surface area contributed by atoms with Crippen LogP contribution in [0, 0.1) is 11.3 Å². The standard InChI is InChI=1S/C16H18N4O2/c1-16(2,3)20-10-13(9-17)14(19-20)18-15(21)22-11-12-7-5-4-6-8-12/h4-8,10H,11H2,1-3H3,(H,18,19,21). The van der Waals surface area contributed by atoms with Crippen LogP contribution < -0.4 is 5.32 Å². The lowest BCUT2D eigenvalue weighted by Gasteiger charge is -2.18. The molecule has 6 nitrogen and oxygen atoms in total. The summed E-state index contributed by atoms with van der Waals surface area (Å²) in [4.78, 5) is 11.8. The van der Waals surface area contributed by atoms with Crippen LogP contribution in [0.25, 0.3) is 0 Å². The molecule has 0 aliphatic heterocycles. The Balaban J connectivity index is 2.02. The van der Waals surface area contributed by atoms with Gasteiger partial charge in [-0.05, 0) is 26.3 Å². The number of anilines is 1. The highest BCUT2D eigenvalue weighted by molar-refractivity contribution is 5.84. The van der Waals surface area contributed by atoms with E-state index in [9.17, 15) is 4.79 Å². The summed E-state index contributed by atoms with van der Waals surface area (Å²) in [5, 5.41) is 15.9. The molecule has 1 aromatic carbocycles. The van der Waals surface area contributed by atoms with Crippen LogP contribution in [0.4, 0.5) is 10.6 Å². The summed E-state index contributed by atoms with van der Waals surface area (Å²) in [6, 6.07) is 11.4. The Morgan fingerprint density at radius 2 is 2.05 bits per heavy atom. The number of benzene rings is 1. The number of nitrogens with zero attached hydrogens (tertiary/aromatic N) is 3. The van der Waals surface area contributed by atoms with Crippen LogP contribution in [0.2, 0.25) is 0 Å². The smallest absolute Gasteiger partial charge is 0.413 e. The molecule has 0 aliphatic rings. The van der Waals surface area contributed by atoms with Crippen molar-refractivity contribution in [3.8, 4) is 6.07 Å². The van der Waals surface area contributed by atoms with Gasteiger partial charge in [0.1, 0.15) is 18.2 Å². The number of carbonyl (C=O) groups is 1. The molecule has 0 unspecified atom stereocenters. The van der Waals surface area contributed by atoms with Gasteiger partial charge in [-0.2, -0.15) is 10.4 Å². The molecule has 0 atom stereocenters. The van der Waals surface area contributed by atoms with Crippen molar-refractivity contribution in [2.24, 2.45) is 0 Å². The minimum Gasteiger partial charge on any atom is -0.444 e. The number of amides is 1. The topological polar surface area (TPSA) is 79.9 Å². The predicted octanol–water partition coefficient (Wildman–Crippen LogP) is 3.26. The molecule has 0 radical (unpaired) electrons. The van der Waals surface area contributed by atoms with E-state index < -0.39 is 6.09 Å². The molecule has 1 aromatic heterocycles. The summed E-state index contributed by atoms with van der Waals surface area (Å²) in [5.41, 5.74) is 0.907. The predicted molar refractivity (Wildman–Crippen MR) is 82.2 cm³/mol. The van der Waals surface area contributed by atoms with Crippen LogP contribution >= 0.6 is 0 Å². The van der Waals surface area contributed by atoms with Crippen molar-refractivity contribution in [3.63, 3.8) is 0 Å². The lowest BCUT2D eigenvalue weighted by Crippen LogP contribution is -2.22. The maximum absolute atomic E-state index is 11.8. The minimum absolute atomic E-state index is 0.161. The summed E-state index contributed by atoms with van der Waals surface area (Å²) in [6.07, 6.45) is 0.965. The van der Waals surface area contributed by atoms with Crippen LogP contribution in [0.3, 0.4) is 0 Å².